The van der Waals surface area contributed by atoms with Gasteiger partial charge in [-0.05, 0) is 59.2 Å². The molecule has 0 radical (unpaired) electrons. The first-order chi connectivity index (χ1) is 12.0. The first-order valence-electron chi connectivity index (χ1n) is 8.22. The average molecular weight is 411 g/mol. The predicted octanol–water partition coefficient (Wildman–Crippen LogP) is 4.37. The van der Waals surface area contributed by atoms with Crippen molar-refractivity contribution >= 4 is 17.0 Å². The van der Waals surface area contributed by atoms with Crippen LogP contribution in [0.1, 0.15) is 53.5 Å². The van der Waals surface area contributed by atoms with E-state index < -0.39 is 56.8 Å². The van der Waals surface area contributed by atoms with Crippen LogP contribution in [0.5, 0.6) is 0 Å². The van der Waals surface area contributed by atoms with E-state index in [0.29, 0.717) is 0 Å². The summed E-state index contributed by atoms with van der Waals surface area (Å²) in [5.74, 6) is -1.86. The molecule has 154 valence electrons. The zero-order valence-corrected chi connectivity index (χ0v) is 17.0. The largest absolute Gasteiger partial charge is 0.460 e. The van der Waals surface area contributed by atoms with Crippen LogP contribution in [0.3, 0.4) is 0 Å². The summed E-state index contributed by atoms with van der Waals surface area (Å²) in [4.78, 5) is 12.3. The lowest BCUT2D eigenvalue weighted by Crippen LogP contribution is -2.58. The number of hydrogen-bond donors (Lipinski definition) is 1. The van der Waals surface area contributed by atoms with Crippen LogP contribution < -0.4 is 4.72 Å². The highest BCUT2D eigenvalue weighted by Crippen LogP contribution is 2.43. The molecule has 0 bridgehead atoms. The SMILES string of the molecule is CC(C)(C)OC(=O)C[C@](N[S@@](=O)C(C)(C)C)(c1ccc(F)cc1)C(F)(F)F. The average Bonchev–Trinajstić information content (AvgIpc) is 2.42. The van der Waals surface area contributed by atoms with E-state index in [0.717, 1.165) is 24.3 Å². The molecule has 0 spiro atoms. The Hall–Kier alpha value is -1.48. The zero-order valence-electron chi connectivity index (χ0n) is 16.2. The third-order valence-corrected chi connectivity index (χ3v) is 5.12. The van der Waals surface area contributed by atoms with Gasteiger partial charge >= 0.3 is 12.1 Å². The summed E-state index contributed by atoms with van der Waals surface area (Å²) in [6.07, 6.45) is -6.16. The molecule has 9 heteroatoms. The van der Waals surface area contributed by atoms with Gasteiger partial charge in [0.25, 0.3) is 0 Å². The second-order valence-electron chi connectivity index (χ2n) is 8.16. The molecule has 27 heavy (non-hydrogen) atoms. The summed E-state index contributed by atoms with van der Waals surface area (Å²) in [6.45, 7) is 9.07. The quantitative estimate of drug-likeness (QED) is 0.578. The molecular weight excluding hydrogens is 386 g/mol. The second kappa shape index (κ2) is 7.87. The molecule has 1 rings (SSSR count). The zero-order chi connectivity index (χ0) is 21.3. The van der Waals surface area contributed by atoms with Gasteiger partial charge in [0, 0.05) is 0 Å². The maximum atomic E-state index is 14.2. The fraction of sp³-hybridized carbons (Fsp3) is 0.611. The lowest BCUT2D eigenvalue weighted by atomic mass is 9.86. The number of rotatable bonds is 5. The number of ether oxygens (including phenoxy) is 1. The minimum Gasteiger partial charge on any atom is -0.460 e. The van der Waals surface area contributed by atoms with Crippen LogP contribution in [0.4, 0.5) is 17.6 Å². The van der Waals surface area contributed by atoms with Crippen molar-refractivity contribution in [2.45, 2.75) is 70.0 Å². The van der Waals surface area contributed by atoms with E-state index >= 15 is 0 Å². The summed E-state index contributed by atoms with van der Waals surface area (Å²) in [5, 5.41) is 0. The number of esters is 1. The summed E-state index contributed by atoms with van der Waals surface area (Å²) < 4.78 is 74.5. The number of benzene rings is 1. The molecule has 1 N–H and O–H groups in total. The van der Waals surface area contributed by atoms with Gasteiger partial charge in [0.2, 0.25) is 0 Å². The van der Waals surface area contributed by atoms with Gasteiger partial charge in [0.1, 0.15) is 11.4 Å². The van der Waals surface area contributed by atoms with Crippen molar-refractivity contribution in [3.05, 3.63) is 35.6 Å². The van der Waals surface area contributed by atoms with E-state index in [2.05, 4.69) is 4.72 Å². The topological polar surface area (TPSA) is 55.4 Å². The Labute approximate surface area is 159 Å². The summed E-state index contributed by atoms with van der Waals surface area (Å²) in [6, 6.07) is 3.54. The van der Waals surface area contributed by atoms with Crippen molar-refractivity contribution in [1.29, 1.82) is 0 Å². The molecule has 0 aliphatic heterocycles. The molecule has 0 amide bonds. The van der Waals surface area contributed by atoms with E-state index in [-0.39, 0.29) is 0 Å². The van der Waals surface area contributed by atoms with Gasteiger partial charge in [-0.25, -0.2) is 13.3 Å². The molecule has 0 saturated carbocycles. The van der Waals surface area contributed by atoms with Crippen LogP contribution in [0, 0.1) is 5.82 Å². The number of carbonyl (C=O) groups excluding carboxylic acids is 1. The van der Waals surface area contributed by atoms with E-state index in [9.17, 15) is 26.6 Å². The predicted molar refractivity (Wildman–Crippen MR) is 95.6 cm³/mol. The Morgan fingerprint density at radius 2 is 1.52 bits per heavy atom. The molecule has 0 aliphatic rings. The van der Waals surface area contributed by atoms with Gasteiger partial charge in [-0.2, -0.15) is 13.2 Å². The molecule has 0 saturated heterocycles. The molecule has 1 aromatic carbocycles. The first kappa shape index (κ1) is 23.6. The van der Waals surface area contributed by atoms with Crippen LogP contribution in [0.25, 0.3) is 0 Å². The third-order valence-electron chi connectivity index (χ3n) is 3.47. The van der Waals surface area contributed by atoms with Gasteiger partial charge in [0.05, 0.1) is 22.2 Å². The van der Waals surface area contributed by atoms with Crippen molar-refractivity contribution in [1.82, 2.24) is 4.72 Å². The number of halogens is 4. The minimum atomic E-state index is -5.01. The monoisotopic (exact) mass is 411 g/mol. The van der Waals surface area contributed by atoms with Gasteiger partial charge < -0.3 is 4.74 Å². The van der Waals surface area contributed by atoms with Gasteiger partial charge in [-0.1, -0.05) is 12.1 Å². The fourth-order valence-electron chi connectivity index (χ4n) is 2.16. The Morgan fingerprint density at radius 1 is 1.04 bits per heavy atom. The Balaban J connectivity index is 3.52. The molecule has 0 aromatic heterocycles. The summed E-state index contributed by atoms with van der Waals surface area (Å²) in [5.41, 5.74) is -4.43. The van der Waals surface area contributed by atoms with Crippen LogP contribution in [-0.4, -0.2) is 26.7 Å². The van der Waals surface area contributed by atoms with Crippen LogP contribution in [0.2, 0.25) is 0 Å². The van der Waals surface area contributed by atoms with E-state index in [4.69, 9.17) is 4.74 Å². The smallest absolute Gasteiger partial charge is 0.412 e. The molecule has 0 heterocycles. The lowest BCUT2D eigenvalue weighted by Gasteiger charge is -2.38. The lowest BCUT2D eigenvalue weighted by molar-refractivity contribution is -0.205. The normalized spacial score (nSPS) is 16.5. The molecule has 0 aliphatic carbocycles. The third kappa shape index (κ3) is 6.27. The standard InChI is InChI=1S/C18H25F4NO3S/c1-15(2,3)26-14(24)11-17(18(20,21)22,23-27(25)16(4,5)6)12-7-9-13(19)10-8-12/h7-10,23H,11H2,1-6H3/t17-,27-/m0/s1. The van der Waals surface area contributed by atoms with Gasteiger partial charge in [0.15, 0.2) is 5.54 Å². The van der Waals surface area contributed by atoms with E-state index in [1.807, 2.05) is 0 Å². The van der Waals surface area contributed by atoms with Crippen LogP contribution in [0.15, 0.2) is 24.3 Å². The number of hydrogen-bond acceptors (Lipinski definition) is 3. The Bertz CT molecular complexity index is 691. The first-order valence-corrected chi connectivity index (χ1v) is 9.37. The number of carbonyl (C=O) groups is 1. The van der Waals surface area contributed by atoms with Crippen LogP contribution in [-0.2, 0) is 26.1 Å². The van der Waals surface area contributed by atoms with Crippen molar-refractivity contribution < 1.29 is 31.3 Å². The molecule has 2 atom stereocenters. The highest BCUT2D eigenvalue weighted by molar-refractivity contribution is 7.84. The van der Waals surface area contributed by atoms with E-state index in [1.165, 1.54) is 41.5 Å². The second-order valence-corrected chi connectivity index (χ2v) is 10.1. The minimum absolute atomic E-state index is 0.431. The summed E-state index contributed by atoms with van der Waals surface area (Å²) in [7, 11) is -2.17. The summed E-state index contributed by atoms with van der Waals surface area (Å²) >= 11 is 0. The molecular formula is C18H25F4NO3S. The number of alkyl halides is 3. The van der Waals surface area contributed by atoms with Crippen molar-refractivity contribution in [2.24, 2.45) is 0 Å². The Kier molecular flexibility index (Phi) is 6.87. The molecule has 0 unspecified atom stereocenters. The Morgan fingerprint density at radius 3 is 1.89 bits per heavy atom. The van der Waals surface area contributed by atoms with Crippen molar-refractivity contribution in [3.63, 3.8) is 0 Å². The van der Waals surface area contributed by atoms with E-state index in [1.54, 1.807) is 0 Å². The van der Waals surface area contributed by atoms with Crippen molar-refractivity contribution in [2.75, 3.05) is 0 Å². The maximum Gasteiger partial charge on any atom is 0.412 e. The molecule has 0 fully saturated rings. The van der Waals surface area contributed by atoms with Crippen molar-refractivity contribution in [3.8, 4) is 0 Å². The highest BCUT2D eigenvalue weighted by Gasteiger charge is 2.59. The fourth-order valence-corrected chi connectivity index (χ4v) is 3.09. The molecule has 4 nitrogen and oxygen atoms in total. The maximum absolute atomic E-state index is 14.2. The van der Waals surface area contributed by atoms with Crippen LogP contribution >= 0.6 is 0 Å². The highest BCUT2D eigenvalue weighted by atomic mass is 32.2. The van der Waals surface area contributed by atoms with Gasteiger partial charge in [-0.15, -0.1) is 0 Å². The van der Waals surface area contributed by atoms with Gasteiger partial charge in [-0.3, -0.25) is 4.79 Å². The molecule has 1 aromatic rings. The number of nitrogens with one attached hydrogen (secondary N) is 1.